The van der Waals surface area contributed by atoms with Crippen LogP contribution in [-0.2, 0) is 4.74 Å². The quantitative estimate of drug-likeness (QED) is 0.778. The number of carbonyl (C=O) groups excluding carboxylic acids is 1. The van der Waals surface area contributed by atoms with E-state index in [9.17, 15) is 4.79 Å². The highest BCUT2D eigenvalue weighted by Gasteiger charge is 2.06. The van der Waals surface area contributed by atoms with E-state index in [1.165, 1.54) is 0 Å². The van der Waals surface area contributed by atoms with Gasteiger partial charge in [-0.25, -0.2) is 4.79 Å². The van der Waals surface area contributed by atoms with Crippen molar-refractivity contribution >= 4 is 12.0 Å². The largest absolute Gasteiger partial charge is 0.497 e. The first-order chi connectivity index (χ1) is 9.79. The molecule has 0 bridgehead atoms. The van der Waals surface area contributed by atoms with Gasteiger partial charge in [0.2, 0.25) is 0 Å². The van der Waals surface area contributed by atoms with Gasteiger partial charge in [0.15, 0.2) is 0 Å². The SMILES string of the molecule is COc1cccc(C(=O)OC/C=C\c2ccccc2)c1. The van der Waals surface area contributed by atoms with Gasteiger partial charge in [0, 0.05) is 0 Å². The monoisotopic (exact) mass is 268 g/mol. The Morgan fingerprint density at radius 3 is 2.65 bits per heavy atom. The predicted octanol–water partition coefficient (Wildman–Crippen LogP) is 3.57. The summed E-state index contributed by atoms with van der Waals surface area (Å²) in [5, 5.41) is 0. The summed E-state index contributed by atoms with van der Waals surface area (Å²) >= 11 is 0. The molecule has 0 aromatic heterocycles. The molecule has 0 atom stereocenters. The average molecular weight is 268 g/mol. The zero-order valence-electron chi connectivity index (χ0n) is 11.3. The van der Waals surface area contributed by atoms with Crippen molar-refractivity contribution < 1.29 is 14.3 Å². The van der Waals surface area contributed by atoms with Crippen molar-refractivity contribution in [2.75, 3.05) is 13.7 Å². The predicted molar refractivity (Wildman–Crippen MR) is 78.8 cm³/mol. The third kappa shape index (κ3) is 3.99. The fourth-order valence-corrected chi connectivity index (χ4v) is 1.71. The Morgan fingerprint density at radius 2 is 1.90 bits per heavy atom. The maximum Gasteiger partial charge on any atom is 0.338 e. The van der Waals surface area contributed by atoms with Gasteiger partial charge in [-0.15, -0.1) is 0 Å². The molecule has 0 saturated heterocycles. The van der Waals surface area contributed by atoms with Crippen LogP contribution < -0.4 is 4.74 Å². The van der Waals surface area contributed by atoms with Crippen LogP contribution in [0.3, 0.4) is 0 Å². The maximum absolute atomic E-state index is 11.8. The summed E-state index contributed by atoms with van der Waals surface area (Å²) in [5.41, 5.74) is 1.56. The minimum absolute atomic E-state index is 0.241. The number of rotatable bonds is 5. The average Bonchev–Trinajstić information content (AvgIpc) is 2.52. The molecule has 0 N–H and O–H groups in total. The number of ether oxygens (including phenoxy) is 2. The lowest BCUT2D eigenvalue weighted by molar-refractivity contribution is 0.0549. The molecule has 3 heteroatoms. The van der Waals surface area contributed by atoms with Crippen LogP contribution in [0.25, 0.3) is 6.08 Å². The van der Waals surface area contributed by atoms with E-state index in [1.807, 2.05) is 42.5 Å². The van der Waals surface area contributed by atoms with E-state index in [4.69, 9.17) is 9.47 Å². The van der Waals surface area contributed by atoms with Gasteiger partial charge in [0.25, 0.3) is 0 Å². The second-order valence-corrected chi connectivity index (χ2v) is 4.14. The van der Waals surface area contributed by atoms with Crippen LogP contribution in [0.2, 0.25) is 0 Å². The summed E-state index contributed by atoms with van der Waals surface area (Å²) in [4.78, 5) is 11.8. The molecule has 0 aliphatic carbocycles. The van der Waals surface area contributed by atoms with Gasteiger partial charge in [-0.2, -0.15) is 0 Å². The van der Waals surface area contributed by atoms with E-state index in [0.717, 1.165) is 5.56 Å². The van der Waals surface area contributed by atoms with Gasteiger partial charge < -0.3 is 9.47 Å². The maximum atomic E-state index is 11.8. The number of hydrogen-bond acceptors (Lipinski definition) is 3. The highest BCUT2D eigenvalue weighted by molar-refractivity contribution is 5.89. The minimum atomic E-state index is -0.360. The van der Waals surface area contributed by atoms with Crippen LogP contribution in [0.5, 0.6) is 5.75 Å². The lowest BCUT2D eigenvalue weighted by Crippen LogP contribution is -2.05. The summed E-state index contributed by atoms with van der Waals surface area (Å²) in [5.74, 6) is 0.279. The normalized spacial score (nSPS) is 10.4. The zero-order chi connectivity index (χ0) is 14.2. The third-order valence-electron chi connectivity index (χ3n) is 2.73. The van der Waals surface area contributed by atoms with Crippen LogP contribution in [-0.4, -0.2) is 19.7 Å². The van der Waals surface area contributed by atoms with Crippen molar-refractivity contribution in [2.45, 2.75) is 0 Å². The summed E-state index contributed by atoms with van der Waals surface area (Å²) in [6.07, 6.45) is 3.73. The summed E-state index contributed by atoms with van der Waals surface area (Å²) < 4.78 is 10.2. The molecule has 0 aliphatic rings. The molecule has 0 saturated carbocycles. The van der Waals surface area contributed by atoms with Gasteiger partial charge in [-0.05, 0) is 29.8 Å². The Kier molecular flexibility index (Phi) is 4.95. The number of carbonyl (C=O) groups is 1. The van der Waals surface area contributed by atoms with Gasteiger partial charge in [0.1, 0.15) is 12.4 Å². The second kappa shape index (κ2) is 7.14. The molecule has 0 aliphatic heterocycles. The zero-order valence-corrected chi connectivity index (χ0v) is 11.3. The molecule has 0 fully saturated rings. The first-order valence-corrected chi connectivity index (χ1v) is 6.32. The van der Waals surface area contributed by atoms with Crippen LogP contribution in [0.4, 0.5) is 0 Å². The number of esters is 1. The van der Waals surface area contributed by atoms with Gasteiger partial charge in [0.05, 0.1) is 12.7 Å². The van der Waals surface area contributed by atoms with Crippen LogP contribution in [0.1, 0.15) is 15.9 Å². The molecule has 0 heterocycles. The van der Waals surface area contributed by atoms with Gasteiger partial charge >= 0.3 is 5.97 Å². The molecule has 2 rings (SSSR count). The standard InChI is InChI=1S/C17H16O3/c1-19-16-11-5-10-15(13-16)17(18)20-12-6-9-14-7-3-2-4-8-14/h2-11,13H,12H2,1H3/b9-6-. The van der Waals surface area contributed by atoms with Crippen molar-refractivity contribution in [1.82, 2.24) is 0 Å². The van der Waals surface area contributed by atoms with E-state index >= 15 is 0 Å². The molecule has 2 aromatic rings. The van der Waals surface area contributed by atoms with Crippen molar-refractivity contribution in [2.24, 2.45) is 0 Å². The van der Waals surface area contributed by atoms with Crippen molar-refractivity contribution in [1.29, 1.82) is 0 Å². The van der Waals surface area contributed by atoms with E-state index in [-0.39, 0.29) is 12.6 Å². The molecule has 102 valence electrons. The molecule has 0 unspecified atom stereocenters. The number of methoxy groups -OCH3 is 1. The highest BCUT2D eigenvalue weighted by Crippen LogP contribution is 2.13. The second-order valence-electron chi connectivity index (χ2n) is 4.14. The van der Waals surface area contributed by atoms with E-state index in [1.54, 1.807) is 31.4 Å². The van der Waals surface area contributed by atoms with E-state index in [0.29, 0.717) is 11.3 Å². The molecule has 0 spiro atoms. The van der Waals surface area contributed by atoms with Crippen LogP contribution in [0.15, 0.2) is 60.7 Å². The first-order valence-electron chi connectivity index (χ1n) is 6.32. The first kappa shape index (κ1) is 13.9. The van der Waals surface area contributed by atoms with Crippen molar-refractivity contribution in [3.05, 3.63) is 71.8 Å². The summed E-state index contributed by atoms with van der Waals surface area (Å²) in [6, 6.07) is 16.8. The lowest BCUT2D eigenvalue weighted by atomic mass is 10.2. The van der Waals surface area contributed by atoms with E-state index < -0.39 is 0 Å². The third-order valence-corrected chi connectivity index (χ3v) is 2.73. The smallest absolute Gasteiger partial charge is 0.338 e. The molecule has 3 nitrogen and oxygen atoms in total. The fourth-order valence-electron chi connectivity index (χ4n) is 1.71. The number of hydrogen-bond donors (Lipinski definition) is 0. The number of benzene rings is 2. The Morgan fingerprint density at radius 1 is 1.10 bits per heavy atom. The lowest BCUT2D eigenvalue weighted by Gasteiger charge is -2.04. The molecule has 0 amide bonds. The van der Waals surface area contributed by atoms with Crippen LogP contribution >= 0.6 is 0 Å². The van der Waals surface area contributed by atoms with Crippen molar-refractivity contribution in [3.8, 4) is 5.75 Å². The van der Waals surface area contributed by atoms with Gasteiger partial charge in [-0.1, -0.05) is 42.5 Å². The topological polar surface area (TPSA) is 35.5 Å². The molecule has 2 aromatic carbocycles. The highest BCUT2D eigenvalue weighted by atomic mass is 16.5. The Bertz CT molecular complexity index is 588. The molecular formula is C17H16O3. The van der Waals surface area contributed by atoms with Crippen LogP contribution in [0, 0.1) is 0 Å². The van der Waals surface area contributed by atoms with E-state index in [2.05, 4.69) is 0 Å². The minimum Gasteiger partial charge on any atom is -0.497 e. The fraction of sp³-hybridized carbons (Fsp3) is 0.118. The Balaban J connectivity index is 1.87. The van der Waals surface area contributed by atoms with Gasteiger partial charge in [-0.3, -0.25) is 0 Å². The summed E-state index contributed by atoms with van der Waals surface area (Å²) in [7, 11) is 1.56. The summed E-state index contributed by atoms with van der Waals surface area (Å²) in [6.45, 7) is 0.241. The molecule has 0 radical (unpaired) electrons. The Labute approximate surface area is 118 Å². The molecular weight excluding hydrogens is 252 g/mol. The van der Waals surface area contributed by atoms with Crippen molar-refractivity contribution in [3.63, 3.8) is 0 Å². The Hall–Kier alpha value is -2.55. The molecule has 20 heavy (non-hydrogen) atoms.